The van der Waals surface area contributed by atoms with Crippen molar-refractivity contribution in [3.05, 3.63) is 36.3 Å². The molecule has 1 amide bonds. The fourth-order valence-electron chi connectivity index (χ4n) is 3.60. The van der Waals surface area contributed by atoms with E-state index < -0.39 is 0 Å². The van der Waals surface area contributed by atoms with Crippen LogP contribution in [0, 0.1) is 11.8 Å². The van der Waals surface area contributed by atoms with Crippen LogP contribution < -0.4 is 5.32 Å². The minimum absolute atomic E-state index is 0.199. The van der Waals surface area contributed by atoms with Crippen molar-refractivity contribution in [1.29, 1.82) is 0 Å². The molecule has 1 aliphatic rings. The maximum Gasteiger partial charge on any atom is 0.223 e. The largest absolute Gasteiger partial charge is 0.350 e. The summed E-state index contributed by atoms with van der Waals surface area (Å²) in [7, 11) is 0. The number of imidazole rings is 1. The van der Waals surface area contributed by atoms with Gasteiger partial charge in [-0.25, -0.2) is 4.98 Å². The Hall–Kier alpha value is -1.84. The highest BCUT2D eigenvalue weighted by molar-refractivity contribution is 5.78. The van der Waals surface area contributed by atoms with Crippen molar-refractivity contribution >= 4 is 11.6 Å². The molecule has 1 fully saturated rings. The lowest BCUT2D eigenvalue weighted by atomic mass is 9.79. The van der Waals surface area contributed by atoms with E-state index in [1.807, 2.05) is 35.0 Å². The number of hydrogen-bond donors (Lipinski definition) is 1. The topological polar surface area (TPSA) is 46.4 Å². The Balaban J connectivity index is 1.46. The monoisotopic (exact) mass is 313 g/mol. The molecular weight excluding hydrogens is 286 g/mol. The summed E-state index contributed by atoms with van der Waals surface area (Å²) in [5.74, 6) is 1.25. The summed E-state index contributed by atoms with van der Waals surface area (Å²) in [5.41, 5.74) is 1.84. The molecule has 1 saturated carbocycles. The van der Waals surface area contributed by atoms with Crippen LogP contribution in [-0.2, 0) is 11.3 Å². The highest BCUT2D eigenvalue weighted by Gasteiger charge is 2.25. The smallest absolute Gasteiger partial charge is 0.223 e. The molecule has 2 aromatic rings. The predicted octanol–water partition coefficient (Wildman–Crippen LogP) is 3.95. The predicted molar refractivity (Wildman–Crippen MR) is 92.0 cm³/mol. The first-order chi connectivity index (χ1) is 11.3. The average molecular weight is 313 g/mol. The molecule has 0 spiro atoms. The number of unbranched alkanes of at least 4 members (excludes halogenated alkanes) is 1. The number of pyridine rings is 1. The zero-order chi connectivity index (χ0) is 16.1. The third-order valence-corrected chi connectivity index (χ3v) is 5.04. The molecule has 0 radical (unpaired) electrons. The lowest BCUT2D eigenvalue weighted by Gasteiger charge is -2.27. The number of amides is 1. The first kappa shape index (κ1) is 16.0. The van der Waals surface area contributed by atoms with Crippen molar-refractivity contribution in [2.45, 2.75) is 58.4 Å². The van der Waals surface area contributed by atoms with E-state index in [9.17, 15) is 4.79 Å². The van der Waals surface area contributed by atoms with Crippen molar-refractivity contribution in [3.63, 3.8) is 0 Å². The molecule has 3 rings (SSSR count). The molecule has 0 atom stereocenters. The quantitative estimate of drug-likeness (QED) is 0.878. The normalized spacial score (nSPS) is 21.4. The number of rotatable bonds is 6. The highest BCUT2D eigenvalue weighted by atomic mass is 16.1. The molecule has 23 heavy (non-hydrogen) atoms. The average Bonchev–Trinajstić information content (AvgIpc) is 3.01. The second kappa shape index (κ2) is 7.62. The minimum Gasteiger partial charge on any atom is -0.350 e. The molecule has 4 heteroatoms. The summed E-state index contributed by atoms with van der Waals surface area (Å²) < 4.78 is 1.99. The van der Waals surface area contributed by atoms with E-state index in [4.69, 9.17) is 0 Å². The van der Waals surface area contributed by atoms with Gasteiger partial charge in [0.2, 0.25) is 5.91 Å². The Kier molecular flexibility index (Phi) is 5.31. The fraction of sp³-hybridized carbons (Fsp3) is 0.579. The fourth-order valence-corrected chi connectivity index (χ4v) is 3.60. The van der Waals surface area contributed by atoms with Gasteiger partial charge in [-0.2, -0.15) is 0 Å². The van der Waals surface area contributed by atoms with Gasteiger partial charge in [0.05, 0.1) is 12.2 Å². The molecule has 0 saturated heterocycles. The van der Waals surface area contributed by atoms with Gasteiger partial charge < -0.3 is 9.72 Å². The van der Waals surface area contributed by atoms with Crippen LogP contribution in [0.3, 0.4) is 0 Å². The van der Waals surface area contributed by atoms with Gasteiger partial charge in [0, 0.05) is 18.3 Å². The van der Waals surface area contributed by atoms with E-state index in [-0.39, 0.29) is 11.8 Å². The van der Waals surface area contributed by atoms with Crippen LogP contribution in [-0.4, -0.2) is 15.3 Å². The van der Waals surface area contributed by atoms with E-state index in [1.54, 1.807) is 0 Å². The SMILES string of the molecule is CCCCC1CCC(C(=O)NCc2cn3ccccc3n2)CC1. The van der Waals surface area contributed by atoms with E-state index in [1.165, 1.54) is 32.1 Å². The van der Waals surface area contributed by atoms with Crippen LogP contribution in [0.25, 0.3) is 5.65 Å². The third kappa shape index (κ3) is 4.12. The number of nitrogens with one attached hydrogen (secondary N) is 1. The molecule has 1 aliphatic carbocycles. The third-order valence-electron chi connectivity index (χ3n) is 5.04. The number of aromatic nitrogens is 2. The number of carbonyl (C=O) groups excluding carboxylic acids is 1. The molecule has 0 aliphatic heterocycles. The summed E-state index contributed by atoms with van der Waals surface area (Å²) >= 11 is 0. The molecule has 0 aromatic carbocycles. The van der Waals surface area contributed by atoms with Crippen LogP contribution in [0.5, 0.6) is 0 Å². The van der Waals surface area contributed by atoms with Crippen LogP contribution in [0.4, 0.5) is 0 Å². The van der Waals surface area contributed by atoms with Gasteiger partial charge in [0.15, 0.2) is 0 Å². The van der Waals surface area contributed by atoms with E-state index in [0.29, 0.717) is 6.54 Å². The van der Waals surface area contributed by atoms with E-state index >= 15 is 0 Å². The van der Waals surface area contributed by atoms with Crippen molar-refractivity contribution in [2.75, 3.05) is 0 Å². The summed E-state index contributed by atoms with van der Waals surface area (Å²) in [4.78, 5) is 16.9. The van der Waals surface area contributed by atoms with Crippen LogP contribution in [0.15, 0.2) is 30.6 Å². The van der Waals surface area contributed by atoms with Crippen LogP contribution >= 0.6 is 0 Å². The van der Waals surface area contributed by atoms with Gasteiger partial charge in [-0.15, -0.1) is 0 Å². The molecule has 1 N–H and O–H groups in total. The Morgan fingerprint density at radius 1 is 1.30 bits per heavy atom. The van der Waals surface area contributed by atoms with Gasteiger partial charge >= 0.3 is 0 Å². The number of hydrogen-bond acceptors (Lipinski definition) is 2. The summed E-state index contributed by atoms with van der Waals surface area (Å²) in [5, 5.41) is 3.07. The Morgan fingerprint density at radius 3 is 2.87 bits per heavy atom. The second-order valence-corrected chi connectivity index (χ2v) is 6.78. The number of carbonyl (C=O) groups is 1. The minimum atomic E-state index is 0.199. The Bertz CT molecular complexity index is 608. The summed E-state index contributed by atoms with van der Waals surface area (Å²) in [6.07, 6.45) is 12.4. The second-order valence-electron chi connectivity index (χ2n) is 6.78. The number of fused-ring (bicyclic) bond motifs is 1. The standard InChI is InChI=1S/C19H27N3O/c1-2-3-6-15-8-10-16(11-9-15)19(23)20-13-17-14-22-12-5-4-7-18(22)21-17/h4-5,7,12,14-16H,2-3,6,8-11,13H2,1H3,(H,20,23). The first-order valence-electron chi connectivity index (χ1n) is 8.96. The molecule has 2 heterocycles. The lowest BCUT2D eigenvalue weighted by Crippen LogP contribution is -2.32. The zero-order valence-corrected chi connectivity index (χ0v) is 14.0. The Morgan fingerprint density at radius 2 is 2.13 bits per heavy atom. The zero-order valence-electron chi connectivity index (χ0n) is 14.0. The lowest BCUT2D eigenvalue weighted by molar-refractivity contribution is -0.126. The molecular formula is C19H27N3O. The number of nitrogens with zero attached hydrogens (tertiary/aromatic N) is 2. The summed E-state index contributed by atoms with van der Waals surface area (Å²) in [6, 6.07) is 5.93. The van der Waals surface area contributed by atoms with Gasteiger partial charge in [-0.3, -0.25) is 4.79 Å². The van der Waals surface area contributed by atoms with Crippen molar-refractivity contribution in [1.82, 2.24) is 14.7 Å². The molecule has 124 valence electrons. The van der Waals surface area contributed by atoms with Crippen LogP contribution in [0.1, 0.15) is 57.6 Å². The van der Waals surface area contributed by atoms with Gasteiger partial charge in [-0.05, 0) is 43.7 Å². The molecule has 4 nitrogen and oxygen atoms in total. The van der Waals surface area contributed by atoms with E-state index in [0.717, 1.165) is 30.1 Å². The van der Waals surface area contributed by atoms with Crippen molar-refractivity contribution in [3.8, 4) is 0 Å². The highest BCUT2D eigenvalue weighted by Crippen LogP contribution is 2.31. The molecule has 0 unspecified atom stereocenters. The maximum atomic E-state index is 12.4. The van der Waals surface area contributed by atoms with E-state index in [2.05, 4.69) is 17.2 Å². The van der Waals surface area contributed by atoms with Crippen molar-refractivity contribution < 1.29 is 4.79 Å². The maximum absolute atomic E-state index is 12.4. The molecule has 2 aromatic heterocycles. The molecule has 0 bridgehead atoms. The Labute approximate surface area is 138 Å². The van der Waals surface area contributed by atoms with Crippen molar-refractivity contribution in [2.24, 2.45) is 11.8 Å². The van der Waals surface area contributed by atoms with Gasteiger partial charge in [0.1, 0.15) is 5.65 Å². The van der Waals surface area contributed by atoms with Gasteiger partial charge in [-0.1, -0.05) is 32.3 Å². The van der Waals surface area contributed by atoms with Crippen LogP contribution in [0.2, 0.25) is 0 Å². The first-order valence-corrected chi connectivity index (χ1v) is 8.96. The summed E-state index contributed by atoms with van der Waals surface area (Å²) in [6.45, 7) is 2.77. The van der Waals surface area contributed by atoms with Gasteiger partial charge in [0.25, 0.3) is 0 Å².